The Balaban J connectivity index is 1.61. The summed E-state index contributed by atoms with van der Waals surface area (Å²) in [6, 6.07) is 18.7. The molecule has 2 amide bonds. The third-order valence-corrected chi connectivity index (χ3v) is 7.39. The fourth-order valence-electron chi connectivity index (χ4n) is 3.99. The van der Waals surface area contributed by atoms with E-state index < -0.39 is 35.0 Å². The second kappa shape index (κ2) is 13.7. The Kier molecular flexibility index (Phi) is 9.81. The maximum Gasteiger partial charge on any atom is 0.407 e. The molecule has 0 aliphatic carbocycles. The zero-order valence-corrected chi connectivity index (χ0v) is 23.6. The van der Waals surface area contributed by atoms with Crippen molar-refractivity contribution in [3.63, 3.8) is 0 Å². The summed E-state index contributed by atoms with van der Waals surface area (Å²) in [6.07, 6.45) is 1.69. The van der Waals surface area contributed by atoms with Crippen LogP contribution in [0.3, 0.4) is 0 Å². The molecular formula is C28H29N5O5S2. The minimum Gasteiger partial charge on any atom is -0.453 e. The number of thiol groups is 1. The van der Waals surface area contributed by atoms with Gasteiger partial charge in [0.15, 0.2) is 0 Å². The van der Waals surface area contributed by atoms with Crippen molar-refractivity contribution in [1.29, 1.82) is 0 Å². The number of rotatable bonds is 11. The van der Waals surface area contributed by atoms with Crippen LogP contribution < -0.4 is 15.4 Å². The molecule has 0 radical (unpaired) electrons. The average Bonchev–Trinajstić information content (AvgIpc) is 3.44. The summed E-state index contributed by atoms with van der Waals surface area (Å²) < 4.78 is 29.1. The maximum absolute atomic E-state index is 13.6. The van der Waals surface area contributed by atoms with Crippen LogP contribution in [0.5, 0.6) is 0 Å². The first-order chi connectivity index (χ1) is 19.3. The summed E-state index contributed by atoms with van der Waals surface area (Å²) in [5.74, 6) is -0.396. The highest BCUT2D eigenvalue weighted by Gasteiger charge is 2.26. The molecular weight excluding hydrogens is 550 g/mol. The second-order valence-electron chi connectivity index (χ2n) is 8.98. The number of carbonyl (C=O) groups is 2. The van der Waals surface area contributed by atoms with Crippen molar-refractivity contribution in [3.05, 3.63) is 101 Å². The van der Waals surface area contributed by atoms with Gasteiger partial charge < -0.3 is 15.4 Å². The number of aromatic nitrogens is 2. The molecule has 0 fully saturated rings. The number of amides is 2. The molecule has 0 aliphatic heterocycles. The topological polar surface area (TPSA) is 139 Å². The molecule has 0 aliphatic rings. The lowest BCUT2D eigenvalue weighted by molar-refractivity contribution is -0.123. The number of aryl methyl sites for hydroxylation is 1. The molecule has 2 aromatic heterocycles. The van der Waals surface area contributed by atoms with E-state index >= 15 is 0 Å². The molecule has 0 spiro atoms. The van der Waals surface area contributed by atoms with Crippen LogP contribution in [0.1, 0.15) is 28.6 Å². The van der Waals surface area contributed by atoms with E-state index in [2.05, 4.69) is 20.3 Å². The molecule has 4 rings (SSSR count). The fraction of sp³-hybridized carbons (Fsp3) is 0.214. The van der Waals surface area contributed by atoms with Gasteiger partial charge in [-0.3, -0.25) is 14.5 Å². The summed E-state index contributed by atoms with van der Waals surface area (Å²) in [4.78, 5) is 34.8. The van der Waals surface area contributed by atoms with Crippen LogP contribution in [0.4, 0.5) is 10.5 Å². The maximum atomic E-state index is 13.6. The van der Waals surface area contributed by atoms with Crippen LogP contribution in [0.15, 0.2) is 78.3 Å². The Hall–Kier alpha value is -4.29. The number of anilines is 1. The third-order valence-electron chi connectivity index (χ3n) is 6.04. The Labute approximate surface area is 237 Å². The van der Waals surface area contributed by atoms with Crippen LogP contribution in [-0.2, 0) is 33.3 Å². The van der Waals surface area contributed by atoms with Gasteiger partial charge in [-0.25, -0.2) is 18.2 Å². The number of carbonyl (C=O) groups excluding carboxylic acids is 2. The molecule has 208 valence electrons. The zero-order valence-electron chi connectivity index (χ0n) is 21.9. The number of nitrogens with one attached hydrogen (secondary N) is 3. The summed E-state index contributed by atoms with van der Waals surface area (Å²) in [6.45, 7) is 1.91. The van der Waals surface area contributed by atoms with Crippen LogP contribution in [0, 0.1) is 6.92 Å². The van der Waals surface area contributed by atoms with E-state index in [0.29, 0.717) is 17.8 Å². The molecule has 0 saturated carbocycles. The number of pyridine rings is 1. The average molecular weight is 580 g/mol. The van der Waals surface area contributed by atoms with Crippen LogP contribution in [-0.4, -0.2) is 43.5 Å². The summed E-state index contributed by atoms with van der Waals surface area (Å²) >= 11 is 1.44. The standard InChI is InChI=1S/C28H29N5O5S2/c1-18-8-11-21(16-29-18)27-31-25(17-39-27)23(14-20-9-12-22(13-10-20)33-40(36)37)30-26(34)24(32-28(35)38-2)15-19-6-4-3-5-7-19/h3-13,16-17,23-24,40H,14-15H2,1-2H3,(H,30,34)(H,32,35)(H,33,36,37)/t23-,24-/m0/s1. The van der Waals surface area contributed by atoms with Gasteiger partial charge in [0.2, 0.25) is 16.8 Å². The van der Waals surface area contributed by atoms with Gasteiger partial charge >= 0.3 is 6.09 Å². The molecule has 40 heavy (non-hydrogen) atoms. The smallest absolute Gasteiger partial charge is 0.407 e. The van der Waals surface area contributed by atoms with Crippen LogP contribution in [0.25, 0.3) is 10.6 Å². The number of ether oxygens (including phenoxy) is 1. The van der Waals surface area contributed by atoms with Gasteiger partial charge in [-0.15, -0.1) is 11.3 Å². The number of thiazole rings is 1. The Morgan fingerprint density at radius 3 is 2.33 bits per heavy atom. The molecule has 0 bridgehead atoms. The van der Waals surface area contributed by atoms with Crippen LogP contribution in [0.2, 0.25) is 0 Å². The van der Waals surface area contributed by atoms with Crippen molar-refractivity contribution in [2.75, 3.05) is 11.8 Å². The van der Waals surface area contributed by atoms with Gasteiger partial charge in [0.1, 0.15) is 11.0 Å². The lowest BCUT2D eigenvalue weighted by atomic mass is 10.0. The Morgan fingerprint density at radius 1 is 0.950 bits per heavy atom. The SMILES string of the molecule is COC(=O)N[C@@H](Cc1ccccc1)C(=O)N[C@@H](Cc1ccc(N[SH](=O)=O)cc1)c1csc(-c2ccc(C)nc2)n1. The molecule has 0 saturated heterocycles. The molecule has 3 N–H and O–H groups in total. The zero-order chi connectivity index (χ0) is 28.5. The lowest BCUT2D eigenvalue weighted by Gasteiger charge is -2.23. The van der Waals surface area contributed by atoms with Gasteiger partial charge in [-0.05, 0) is 48.7 Å². The molecule has 0 unspecified atom stereocenters. The highest BCUT2D eigenvalue weighted by atomic mass is 32.2. The van der Waals surface area contributed by atoms with E-state index in [4.69, 9.17) is 9.72 Å². The van der Waals surface area contributed by atoms with Crippen molar-refractivity contribution in [3.8, 4) is 10.6 Å². The number of hydrogen-bond acceptors (Lipinski definition) is 8. The van der Waals surface area contributed by atoms with Gasteiger partial charge in [0, 0.05) is 34.9 Å². The van der Waals surface area contributed by atoms with Crippen molar-refractivity contribution < 1.29 is 22.7 Å². The largest absolute Gasteiger partial charge is 0.453 e. The highest BCUT2D eigenvalue weighted by molar-refractivity contribution is 7.73. The summed E-state index contributed by atoms with van der Waals surface area (Å²) in [5.41, 5.74) is 4.57. The molecule has 12 heteroatoms. The molecule has 2 atom stereocenters. The number of benzene rings is 2. The molecule has 4 aromatic rings. The lowest BCUT2D eigenvalue weighted by Crippen LogP contribution is -2.49. The van der Waals surface area contributed by atoms with E-state index in [1.54, 1.807) is 30.5 Å². The predicted molar refractivity (Wildman–Crippen MR) is 155 cm³/mol. The highest BCUT2D eigenvalue weighted by Crippen LogP contribution is 2.28. The molecule has 2 aromatic carbocycles. The third kappa shape index (κ3) is 8.10. The van der Waals surface area contributed by atoms with Crippen molar-refractivity contribution in [2.45, 2.75) is 31.8 Å². The van der Waals surface area contributed by atoms with E-state index in [1.165, 1.54) is 18.4 Å². The first-order valence-corrected chi connectivity index (χ1v) is 14.4. The van der Waals surface area contributed by atoms with Gasteiger partial charge in [0.05, 0.1) is 18.8 Å². The number of nitrogens with zero attached hydrogens (tertiary/aromatic N) is 2. The first-order valence-electron chi connectivity index (χ1n) is 12.4. The summed E-state index contributed by atoms with van der Waals surface area (Å²) in [5, 5.41) is 8.34. The van der Waals surface area contributed by atoms with E-state index in [9.17, 15) is 18.0 Å². The Bertz CT molecular complexity index is 1500. The van der Waals surface area contributed by atoms with Gasteiger partial charge in [-0.1, -0.05) is 42.5 Å². The quantitative estimate of drug-likeness (QED) is 0.198. The second-order valence-corrected chi connectivity index (χ2v) is 10.6. The normalized spacial score (nSPS) is 12.4. The van der Waals surface area contributed by atoms with Crippen molar-refractivity contribution in [2.24, 2.45) is 0 Å². The first kappa shape index (κ1) is 28.7. The van der Waals surface area contributed by atoms with Crippen LogP contribution >= 0.6 is 11.3 Å². The molecule has 10 nitrogen and oxygen atoms in total. The van der Waals surface area contributed by atoms with Crippen molar-refractivity contribution in [1.82, 2.24) is 20.6 Å². The van der Waals surface area contributed by atoms with Gasteiger partial charge in [-0.2, -0.15) is 0 Å². The minimum atomic E-state index is -2.78. The van der Waals surface area contributed by atoms with E-state index in [1.807, 2.05) is 54.8 Å². The predicted octanol–water partition coefficient (Wildman–Crippen LogP) is 3.82. The van der Waals surface area contributed by atoms with E-state index in [-0.39, 0.29) is 6.42 Å². The number of methoxy groups -OCH3 is 1. The number of hydrogen-bond donors (Lipinski definition) is 4. The number of alkyl carbamates (subject to hydrolysis) is 1. The Morgan fingerprint density at radius 2 is 1.68 bits per heavy atom. The van der Waals surface area contributed by atoms with Crippen molar-refractivity contribution >= 4 is 39.9 Å². The minimum absolute atomic E-state index is 0.263. The summed E-state index contributed by atoms with van der Waals surface area (Å²) in [7, 11) is -1.53. The van der Waals surface area contributed by atoms with Gasteiger partial charge in [0.25, 0.3) is 0 Å². The van der Waals surface area contributed by atoms with E-state index in [0.717, 1.165) is 27.4 Å². The monoisotopic (exact) mass is 579 g/mol. The molecule has 2 heterocycles. The fourth-order valence-corrected chi connectivity index (χ4v) is 5.22.